The van der Waals surface area contributed by atoms with Crippen LogP contribution in [-0.4, -0.2) is 29.3 Å². The molecule has 0 fully saturated rings. The lowest BCUT2D eigenvalue weighted by atomic mass is 10.3. The number of hydrogen-bond acceptors (Lipinski definition) is 3. The predicted octanol–water partition coefficient (Wildman–Crippen LogP) is 0.386. The number of nitrogens with one attached hydrogen (secondary N) is 1. The van der Waals surface area contributed by atoms with Crippen LogP contribution in [0.1, 0.15) is 0 Å². The molecule has 1 rings (SSSR count). The van der Waals surface area contributed by atoms with Crippen LogP contribution >= 0.6 is 0 Å². The zero-order valence-electron chi connectivity index (χ0n) is 7.68. The van der Waals surface area contributed by atoms with E-state index in [0.717, 1.165) is 5.01 Å². The summed E-state index contributed by atoms with van der Waals surface area (Å²) in [5.41, 5.74) is 0.672. The number of anilines is 1. The minimum Gasteiger partial charge on any atom is -0.394 e. The summed E-state index contributed by atoms with van der Waals surface area (Å²) in [7, 11) is 0. The summed E-state index contributed by atoms with van der Waals surface area (Å²) in [6, 6.07) is 8.54. The molecular weight excluding hydrogens is 182 g/mol. The minimum atomic E-state index is -0.440. The summed E-state index contributed by atoms with van der Waals surface area (Å²) in [5, 5.41) is 12.1. The number of amides is 2. The van der Waals surface area contributed by atoms with Crippen molar-refractivity contribution < 1.29 is 9.90 Å². The number of para-hydroxylation sites is 1. The minimum absolute atomic E-state index is 0.110. The summed E-state index contributed by atoms with van der Waals surface area (Å²) >= 11 is 0. The fourth-order valence-corrected chi connectivity index (χ4v) is 0.926. The number of aliphatic hydroxyl groups is 1. The van der Waals surface area contributed by atoms with E-state index in [9.17, 15) is 4.79 Å². The van der Waals surface area contributed by atoms with E-state index in [2.05, 4.69) is 5.32 Å². The van der Waals surface area contributed by atoms with Crippen LogP contribution in [0.3, 0.4) is 0 Å². The number of nitrogens with zero attached hydrogens (tertiary/aromatic N) is 1. The van der Waals surface area contributed by atoms with E-state index < -0.39 is 6.03 Å². The van der Waals surface area contributed by atoms with E-state index >= 15 is 0 Å². The summed E-state index contributed by atoms with van der Waals surface area (Å²) in [5.74, 6) is 5.34. The molecule has 0 spiro atoms. The largest absolute Gasteiger partial charge is 0.394 e. The highest BCUT2D eigenvalue weighted by Gasteiger charge is 2.07. The van der Waals surface area contributed by atoms with Crippen molar-refractivity contribution >= 4 is 11.7 Å². The second-order valence-corrected chi connectivity index (χ2v) is 2.71. The third-order valence-corrected chi connectivity index (χ3v) is 1.63. The lowest BCUT2D eigenvalue weighted by Crippen LogP contribution is -2.42. The van der Waals surface area contributed by atoms with Crippen LogP contribution in [0.4, 0.5) is 10.5 Å². The van der Waals surface area contributed by atoms with Gasteiger partial charge in [0.2, 0.25) is 0 Å². The van der Waals surface area contributed by atoms with Crippen LogP contribution in [0.15, 0.2) is 30.3 Å². The first-order valence-corrected chi connectivity index (χ1v) is 4.23. The van der Waals surface area contributed by atoms with E-state index in [1.807, 2.05) is 18.2 Å². The first-order valence-electron chi connectivity index (χ1n) is 4.23. The quantitative estimate of drug-likeness (QED) is 0.371. The molecular formula is C9H13N3O2. The number of aliphatic hydroxyl groups excluding tert-OH is 1. The summed E-state index contributed by atoms with van der Waals surface area (Å²) in [4.78, 5) is 11.3. The van der Waals surface area contributed by atoms with E-state index in [1.54, 1.807) is 12.1 Å². The molecule has 0 bridgehead atoms. The van der Waals surface area contributed by atoms with Gasteiger partial charge >= 0.3 is 6.03 Å². The van der Waals surface area contributed by atoms with Crippen LogP contribution in [-0.2, 0) is 0 Å². The number of benzene rings is 1. The highest BCUT2D eigenvalue weighted by molar-refractivity contribution is 5.88. The van der Waals surface area contributed by atoms with E-state index in [-0.39, 0.29) is 13.2 Å². The van der Waals surface area contributed by atoms with Gasteiger partial charge in [0.1, 0.15) is 0 Å². The van der Waals surface area contributed by atoms with Crippen LogP contribution in [0, 0.1) is 0 Å². The van der Waals surface area contributed by atoms with Crippen LogP contribution in [0.2, 0.25) is 0 Å². The summed E-state index contributed by atoms with van der Waals surface area (Å²) < 4.78 is 0. The Balaban J connectivity index is 2.49. The summed E-state index contributed by atoms with van der Waals surface area (Å²) in [6.45, 7) is -0.0443. The van der Waals surface area contributed by atoms with Gasteiger partial charge in [-0.2, -0.15) is 0 Å². The Morgan fingerprint density at radius 3 is 2.64 bits per heavy atom. The van der Waals surface area contributed by atoms with Crippen molar-refractivity contribution in [1.29, 1.82) is 0 Å². The van der Waals surface area contributed by atoms with Gasteiger partial charge in [-0.3, -0.25) is 5.01 Å². The lowest BCUT2D eigenvalue weighted by molar-refractivity contribution is 0.190. The van der Waals surface area contributed by atoms with Gasteiger partial charge in [0, 0.05) is 5.69 Å². The molecule has 0 saturated carbocycles. The lowest BCUT2D eigenvalue weighted by Gasteiger charge is -2.15. The molecule has 0 heterocycles. The smallest absolute Gasteiger partial charge is 0.336 e. The molecule has 0 aliphatic rings. The van der Waals surface area contributed by atoms with Gasteiger partial charge in [-0.05, 0) is 12.1 Å². The van der Waals surface area contributed by atoms with E-state index in [1.165, 1.54) is 0 Å². The molecule has 5 heteroatoms. The molecule has 14 heavy (non-hydrogen) atoms. The molecule has 1 aromatic rings. The SMILES string of the molecule is NN(CCO)C(=O)Nc1ccccc1. The fourth-order valence-electron chi connectivity index (χ4n) is 0.926. The van der Waals surface area contributed by atoms with Crippen molar-refractivity contribution in [2.75, 3.05) is 18.5 Å². The Morgan fingerprint density at radius 1 is 1.43 bits per heavy atom. The molecule has 4 N–H and O–H groups in total. The van der Waals surface area contributed by atoms with Crippen molar-refractivity contribution in [3.8, 4) is 0 Å². The zero-order chi connectivity index (χ0) is 10.4. The Kier molecular flexibility index (Phi) is 3.90. The Hall–Kier alpha value is -1.59. The van der Waals surface area contributed by atoms with Gasteiger partial charge in [0.15, 0.2) is 0 Å². The molecule has 5 nitrogen and oxygen atoms in total. The standard InChI is InChI=1S/C9H13N3O2/c10-12(6-7-13)9(14)11-8-4-2-1-3-5-8/h1-5,13H,6-7,10H2,(H,11,14). The maximum absolute atomic E-state index is 11.3. The molecule has 0 radical (unpaired) electrons. The first-order chi connectivity index (χ1) is 6.74. The fraction of sp³-hybridized carbons (Fsp3) is 0.222. The Morgan fingerprint density at radius 2 is 2.07 bits per heavy atom. The first kappa shape index (κ1) is 10.5. The normalized spacial score (nSPS) is 9.57. The van der Waals surface area contributed by atoms with Gasteiger partial charge < -0.3 is 10.4 Å². The Labute approximate surface area is 82.1 Å². The van der Waals surface area contributed by atoms with Gasteiger partial charge in [0.05, 0.1) is 13.2 Å². The van der Waals surface area contributed by atoms with Crippen molar-refractivity contribution in [3.05, 3.63) is 30.3 Å². The zero-order valence-corrected chi connectivity index (χ0v) is 7.68. The van der Waals surface area contributed by atoms with Gasteiger partial charge in [-0.25, -0.2) is 10.6 Å². The van der Waals surface area contributed by atoms with Crippen molar-refractivity contribution in [2.45, 2.75) is 0 Å². The van der Waals surface area contributed by atoms with Gasteiger partial charge in [-0.15, -0.1) is 0 Å². The highest BCUT2D eigenvalue weighted by atomic mass is 16.3. The third kappa shape index (κ3) is 3.04. The van der Waals surface area contributed by atoms with Gasteiger partial charge in [-0.1, -0.05) is 18.2 Å². The molecule has 0 aliphatic carbocycles. The number of carbonyl (C=O) groups excluding carboxylic acids is 1. The van der Waals surface area contributed by atoms with Gasteiger partial charge in [0.25, 0.3) is 0 Å². The number of urea groups is 1. The topological polar surface area (TPSA) is 78.6 Å². The molecule has 1 aromatic carbocycles. The number of nitrogens with two attached hydrogens (primary N) is 1. The Bertz CT molecular complexity index is 289. The molecule has 76 valence electrons. The highest BCUT2D eigenvalue weighted by Crippen LogP contribution is 2.04. The molecule has 0 unspecified atom stereocenters. The monoisotopic (exact) mass is 195 g/mol. The van der Waals surface area contributed by atoms with E-state index in [4.69, 9.17) is 10.9 Å². The van der Waals surface area contributed by atoms with Crippen molar-refractivity contribution in [3.63, 3.8) is 0 Å². The number of hydrogen-bond donors (Lipinski definition) is 3. The maximum atomic E-state index is 11.3. The molecule has 2 amide bonds. The van der Waals surface area contributed by atoms with Crippen LogP contribution in [0.5, 0.6) is 0 Å². The summed E-state index contributed by atoms with van der Waals surface area (Å²) in [6.07, 6.45) is 0. The molecule has 0 atom stereocenters. The number of carbonyl (C=O) groups is 1. The second kappa shape index (κ2) is 5.21. The van der Waals surface area contributed by atoms with Crippen LogP contribution < -0.4 is 11.2 Å². The number of hydrazine groups is 1. The average molecular weight is 195 g/mol. The number of rotatable bonds is 3. The predicted molar refractivity (Wildman–Crippen MR) is 53.4 cm³/mol. The molecule has 0 saturated heterocycles. The average Bonchev–Trinajstić information content (AvgIpc) is 2.19. The van der Waals surface area contributed by atoms with Crippen molar-refractivity contribution in [2.24, 2.45) is 5.84 Å². The maximum Gasteiger partial charge on any atom is 0.336 e. The second-order valence-electron chi connectivity index (χ2n) is 2.71. The third-order valence-electron chi connectivity index (χ3n) is 1.63. The van der Waals surface area contributed by atoms with Crippen LogP contribution in [0.25, 0.3) is 0 Å². The van der Waals surface area contributed by atoms with E-state index in [0.29, 0.717) is 5.69 Å². The molecule has 0 aromatic heterocycles. The molecule has 0 aliphatic heterocycles. The van der Waals surface area contributed by atoms with Crippen molar-refractivity contribution in [1.82, 2.24) is 5.01 Å².